The molecule has 0 nitrogen and oxygen atoms in total. The Bertz CT molecular complexity index is 338. The molecular formula is C9H6BrFS. The van der Waals surface area contributed by atoms with Crippen LogP contribution < -0.4 is 0 Å². The highest BCUT2D eigenvalue weighted by atomic mass is 79.9. The van der Waals surface area contributed by atoms with Gasteiger partial charge in [-0.05, 0) is 34.1 Å². The summed E-state index contributed by atoms with van der Waals surface area (Å²) in [6.45, 7) is 0. The van der Waals surface area contributed by atoms with Gasteiger partial charge in [-0.1, -0.05) is 11.8 Å². The topological polar surface area (TPSA) is 0 Å². The summed E-state index contributed by atoms with van der Waals surface area (Å²) in [5.74, 6) is 5.86. The average Bonchev–Trinajstić information content (AvgIpc) is 2.07. The molecule has 0 aliphatic carbocycles. The van der Waals surface area contributed by atoms with Crippen molar-refractivity contribution >= 4 is 28.6 Å². The lowest BCUT2D eigenvalue weighted by Crippen LogP contribution is -1.79. The van der Waals surface area contributed by atoms with Crippen molar-refractivity contribution in [2.45, 2.75) is 0 Å². The average molecular weight is 245 g/mol. The molecule has 0 radical (unpaired) electrons. The summed E-state index contributed by atoms with van der Waals surface area (Å²) >= 11 is 7.01. The van der Waals surface area contributed by atoms with E-state index in [1.54, 1.807) is 12.1 Å². The number of halogens is 2. The van der Waals surface area contributed by atoms with Gasteiger partial charge in [0.15, 0.2) is 0 Å². The van der Waals surface area contributed by atoms with Crippen molar-refractivity contribution in [1.29, 1.82) is 0 Å². The molecule has 0 unspecified atom stereocenters. The minimum absolute atomic E-state index is 0.272. The second-order valence-electron chi connectivity index (χ2n) is 2.09. The molecule has 0 saturated carbocycles. The van der Waals surface area contributed by atoms with E-state index in [4.69, 9.17) is 0 Å². The molecule has 0 aliphatic heterocycles. The normalized spacial score (nSPS) is 8.92. The lowest BCUT2D eigenvalue weighted by atomic mass is 10.2. The summed E-state index contributed by atoms with van der Waals surface area (Å²) in [4.78, 5) is 0. The van der Waals surface area contributed by atoms with E-state index >= 15 is 0 Å². The molecule has 0 saturated heterocycles. The maximum Gasteiger partial charge on any atom is 0.137 e. The van der Waals surface area contributed by atoms with Crippen molar-refractivity contribution in [2.24, 2.45) is 0 Å². The van der Waals surface area contributed by atoms with Crippen LogP contribution in [0, 0.1) is 17.7 Å². The van der Waals surface area contributed by atoms with Gasteiger partial charge in [-0.2, -0.15) is 12.6 Å². The fraction of sp³-hybridized carbons (Fsp3) is 0.111. The maximum absolute atomic E-state index is 12.7. The second kappa shape index (κ2) is 4.54. The van der Waals surface area contributed by atoms with Gasteiger partial charge >= 0.3 is 0 Å². The highest BCUT2D eigenvalue weighted by molar-refractivity contribution is 9.10. The zero-order valence-corrected chi connectivity index (χ0v) is 8.62. The summed E-state index contributed by atoms with van der Waals surface area (Å²) in [7, 11) is 0. The van der Waals surface area contributed by atoms with E-state index in [-0.39, 0.29) is 5.82 Å². The maximum atomic E-state index is 12.7. The van der Waals surface area contributed by atoms with Crippen LogP contribution in [-0.2, 0) is 0 Å². The van der Waals surface area contributed by atoms with Crippen molar-refractivity contribution in [1.82, 2.24) is 0 Å². The number of benzene rings is 1. The Morgan fingerprint density at radius 2 is 2.25 bits per heavy atom. The van der Waals surface area contributed by atoms with Crippen LogP contribution in [0.25, 0.3) is 0 Å². The Morgan fingerprint density at radius 1 is 1.50 bits per heavy atom. The third-order valence-electron chi connectivity index (χ3n) is 1.23. The fourth-order valence-electron chi connectivity index (χ4n) is 0.715. The number of hydrogen-bond acceptors (Lipinski definition) is 1. The molecule has 1 aromatic rings. The summed E-state index contributed by atoms with van der Waals surface area (Å²) in [6, 6.07) is 4.66. The van der Waals surface area contributed by atoms with E-state index in [2.05, 4.69) is 40.4 Å². The predicted octanol–water partition coefficient (Wildman–Crippen LogP) is 2.87. The molecule has 0 aliphatic rings. The minimum atomic E-state index is -0.272. The van der Waals surface area contributed by atoms with Gasteiger partial charge in [0.05, 0.1) is 10.2 Å². The molecule has 62 valence electrons. The van der Waals surface area contributed by atoms with Gasteiger partial charge in [0.25, 0.3) is 0 Å². The zero-order valence-electron chi connectivity index (χ0n) is 6.14. The standard InChI is InChI=1S/C9H6BrFS/c10-8-6-7(2-1-5-12)3-4-9(8)11/h3-4,6,12H,5H2. The van der Waals surface area contributed by atoms with Crippen LogP contribution in [0.5, 0.6) is 0 Å². The molecule has 0 atom stereocenters. The van der Waals surface area contributed by atoms with Crippen LogP contribution in [0.1, 0.15) is 5.56 Å². The smallest absolute Gasteiger partial charge is 0.137 e. The Kier molecular flexibility index (Phi) is 3.64. The summed E-state index contributed by atoms with van der Waals surface area (Å²) in [5, 5.41) is 0. The SMILES string of the molecule is Fc1ccc(C#CCS)cc1Br. The molecule has 1 rings (SSSR count). The van der Waals surface area contributed by atoms with E-state index in [9.17, 15) is 4.39 Å². The van der Waals surface area contributed by atoms with E-state index in [0.717, 1.165) is 5.56 Å². The van der Waals surface area contributed by atoms with Crippen molar-refractivity contribution in [3.63, 3.8) is 0 Å². The number of thiol groups is 1. The van der Waals surface area contributed by atoms with Crippen molar-refractivity contribution < 1.29 is 4.39 Å². The van der Waals surface area contributed by atoms with E-state index < -0.39 is 0 Å². The van der Waals surface area contributed by atoms with E-state index in [1.165, 1.54) is 6.07 Å². The van der Waals surface area contributed by atoms with E-state index in [1.807, 2.05) is 0 Å². The van der Waals surface area contributed by atoms with Crippen LogP contribution in [0.2, 0.25) is 0 Å². The third-order valence-corrected chi connectivity index (χ3v) is 2.00. The molecule has 0 fully saturated rings. The third kappa shape index (κ3) is 2.54. The monoisotopic (exact) mass is 244 g/mol. The van der Waals surface area contributed by atoms with Crippen molar-refractivity contribution in [3.05, 3.63) is 34.1 Å². The highest BCUT2D eigenvalue weighted by Gasteiger charge is 1.96. The molecule has 0 aromatic heterocycles. The Balaban J connectivity index is 2.97. The first-order valence-corrected chi connectivity index (χ1v) is 4.71. The van der Waals surface area contributed by atoms with Crippen LogP contribution in [-0.4, -0.2) is 5.75 Å². The molecule has 0 heterocycles. The highest BCUT2D eigenvalue weighted by Crippen LogP contribution is 2.15. The zero-order chi connectivity index (χ0) is 8.97. The largest absolute Gasteiger partial charge is 0.206 e. The van der Waals surface area contributed by atoms with Gasteiger partial charge in [-0.15, -0.1) is 0 Å². The Morgan fingerprint density at radius 3 is 2.83 bits per heavy atom. The molecule has 0 bridgehead atoms. The quantitative estimate of drug-likeness (QED) is 0.527. The Labute approximate surface area is 84.7 Å². The molecule has 0 spiro atoms. The lowest BCUT2D eigenvalue weighted by molar-refractivity contribution is 0.621. The van der Waals surface area contributed by atoms with Crippen molar-refractivity contribution in [3.8, 4) is 11.8 Å². The van der Waals surface area contributed by atoms with Gasteiger partial charge < -0.3 is 0 Å². The summed E-state index contributed by atoms with van der Waals surface area (Å²) in [5.41, 5.74) is 0.789. The summed E-state index contributed by atoms with van der Waals surface area (Å²) in [6.07, 6.45) is 0. The van der Waals surface area contributed by atoms with Crippen molar-refractivity contribution in [2.75, 3.05) is 5.75 Å². The molecule has 3 heteroatoms. The molecule has 0 N–H and O–H groups in total. The summed E-state index contributed by atoms with van der Waals surface area (Å²) < 4.78 is 13.1. The molecular weight excluding hydrogens is 239 g/mol. The van der Waals surface area contributed by atoms with Gasteiger partial charge in [0.1, 0.15) is 5.82 Å². The first-order valence-electron chi connectivity index (χ1n) is 3.29. The van der Waals surface area contributed by atoms with Gasteiger partial charge in [-0.25, -0.2) is 4.39 Å². The lowest BCUT2D eigenvalue weighted by Gasteiger charge is -1.93. The fourth-order valence-corrected chi connectivity index (χ4v) is 1.17. The van der Waals surface area contributed by atoms with Crippen LogP contribution in [0.15, 0.2) is 22.7 Å². The van der Waals surface area contributed by atoms with Gasteiger partial charge in [0.2, 0.25) is 0 Å². The minimum Gasteiger partial charge on any atom is -0.206 e. The second-order valence-corrected chi connectivity index (χ2v) is 3.26. The van der Waals surface area contributed by atoms with E-state index in [0.29, 0.717) is 10.2 Å². The first-order chi connectivity index (χ1) is 5.74. The van der Waals surface area contributed by atoms with Gasteiger partial charge in [-0.3, -0.25) is 0 Å². The van der Waals surface area contributed by atoms with Gasteiger partial charge in [0, 0.05) is 5.56 Å². The molecule has 12 heavy (non-hydrogen) atoms. The van der Waals surface area contributed by atoms with Crippen LogP contribution >= 0.6 is 28.6 Å². The number of rotatable bonds is 0. The first kappa shape index (κ1) is 9.63. The predicted molar refractivity (Wildman–Crippen MR) is 54.8 cm³/mol. The molecule has 1 aromatic carbocycles. The molecule has 0 amide bonds. The van der Waals surface area contributed by atoms with Crippen LogP contribution in [0.4, 0.5) is 4.39 Å². The number of hydrogen-bond donors (Lipinski definition) is 1. The Hall–Kier alpha value is -0.460. The van der Waals surface area contributed by atoms with Crippen LogP contribution in [0.3, 0.4) is 0 Å².